The van der Waals surface area contributed by atoms with E-state index in [9.17, 15) is 31.1 Å². The van der Waals surface area contributed by atoms with Gasteiger partial charge in [-0.15, -0.1) is 0 Å². The summed E-state index contributed by atoms with van der Waals surface area (Å²) in [5.41, 5.74) is -0.146. The number of fused-ring (bicyclic) bond motifs is 1. The van der Waals surface area contributed by atoms with Gasteiger partial charge in [0.15, 0.2) is 12.1 Å². The van der Waals surface area contributed by atoms with E-state index in [1.54, 1.807) is 6.08 Å². The maximum Gasteiger partial charge on any atom is 0.416 e. The third kappa shape index (κ3) is 6.32. The standard InChI is InChI=1S/C30H32F6N2O3/c1-17-6-4-5-7-25(17)27-26-15-38(23-11-24(39)14-37(3)13-23)12-20(26)16-40-28(27)41-18(2)19-8-21(29(31,32)33)10-22(9-19)30(34,35)36/h4-11,18,20,26-28H,12-16H2,1-3H3/t18-,20+,26-,27+,28-/m1/s1. The SMILES string of the molecule is Cc1ccccc1[C@@H]1[C@@H](O[C@H](C)c2cc(C(F)(F)F)cc(C(F)(F)F)c2)OC[C@@H]2CN(C3=CC(=O)CN(C)C3)C[C@H]21. The van der Waals surface area contributed by atoms with E-state index in [1.807, 2.05) is 43.1 Å². The number of hydrogen-bond acceptors (Lipinski definition) is 5. The Hall–Kier alpha value is -2.89. The first kappa shape index (κ1) is 29.6. The molecule has 0 N–H and O–H groups in total. The molecule has 41 heavy (non-hydrogen) atoms. The maximum absolute atomic E-state index is 13.5. The molecule has 0 spiro atoms. The Morgan fingerprint density at radius 1 is 0.976 bits per heavy atom. The van der Waals surface area contributed by atoms with E-state index >= 15 is 0 Å². The number of nitrogens with zero attached hydrogens (tertiary/aromatic N) is 2. The minimum absolute atomic E-state index is 0.0255. The number of carbonyl (C=O) groups excluding carboxylic acids is 1. The van der Waals surface area contributed by atoms with Crippen LogP contribution in [-0.2, 0) is 26.6 Å². The summed E-state index contributed by atoms with van der Waals surface area (Å²) in [6.45, 7) is 5.99. The lowest BCUT2D eigenvalue weighted by Crippen LogP contribution is -2.42. The first-order chi connectivity index (χ1) is 19.2. The Kier molecular flexibility index (Phi) is 7.99. The van der Waals surface area contributed by atoms with Crippen LogP contribution in [0.2, 0.25) is 0 Å². The maximum atomic E-state index is 13.5. The van der Waals surface area contributed by atoms with Crippen molar-refractivity contribution >= 4 is 5.78 Å². The zero-order chi connectivity index (χ0) is 29.7. The van der Waals surface area contributed by atoms with Crippen LogP contribution in [-0.4, -0.2) is 61.7 Å². The predicted molar refractivity (Wildman–Crippen MR) is 139 cm³/mol. The summed E-state index contributed by atoms with van der Waals surface area (Å²) < 4.78 is 93.4. The third-order valence-electron chi connectivity index (χ3n) is 8.28. The minimum Gasteiger partial charge on any atom is -0.373 e. The number of halogens is 6. The molecule has 0 bridgehead atoms. The van der Waals surface area contributed by atoms with E-state index in [0.29, 0.717) is 44.9 Å². The molecule has 2 aromatic rings. The Bertz CT molecular complexity index is 1290. The average Bonchev–Trinajstić information content (AvgIpc) is 3.32. The van der Waals surface area contributed by atoms with E-state index in [-0.39, 0.29) is 35.2 Å². The van der Waals surface area contributed by atoms with Crippen molar-refractivity contribution < 1.29 is 40.6 Å². The van der Waals surface area contributed by atoms with Crippen molar-refractivity contribution in [2.24, 2.45) is 11.8 Å². The number of alkyl halides is 6. The van der Waals surface area contributed by atoms with Gasteiger partial charge >= 0.3 is 12.4 Å². The first-order valence-electron chi connectivity index (χ1n) is 13.5. The molecular weight excluding hydrogens is 550 g/mol. The van der Waals surface area contributed by atoms with Gasteiger partial charge in [-0.1, -0.05) is 24.3 Å². The van der Waals surface area contributed by atoms with Crippen LogP contribution in [0.25, 0.3) is 0 Å². The van der Waals surface area contributed by atoms with Gasteiger partial charge in [0.25, 0.3) is 0 Å². The van der Waals surface area contributed by atoms with Crippen LogP contribution in [0.5, 0.6) is 0 Å². The van der Waals surface area contributed by atoms with Gasteiger partial charge < -0.3 is 14.4 Å². The lowest BCUT2D eigenvalue weighted by atomic mass is 9.76. The fourth-order valence-corrected chi connectivity index (χ4v) is 6.26. The molecule has 0 aromatic heterocycles. The monoisotopic (exact) mass is 582 g/mol. The van der Waals surface area contributed by atoms with E-state index < -0.39 is 35.9 Å². The molecule has 3 aliphatic heterocycles. The number of aryl methyl sites for hydroxylation is 1. The van der Waals surface area contributed by atoms with E-state index in [1.165, 1.54) is 6.92 Å². The Balaban J connectivity index is 1.46. The fourth-order valence-electron chi connectivity index (χ4n) is 6.26. The van der Waals surface area contributed by atoms with Crippen molar-refractivity contribution in [3.63, 3.8) is 0 Å². The van der Waals surface area contributed by atoms with Crippen molar-refractivity contribution in [1.29, 1.82) is 0 Å². The highest BCUT2D eigenvalue weighted by molar-refractivity contribution is 5.92. The van der Waals surface area contributed by atoms with Crippen LogP contribution in [0, 0.1) is 18.8 Å². The number of carbonyl (C=O) groups is 1. The number of hydrogen-bond donors (Lipinski definition) is 0. The Morgan fingerprint density at radius 2 is 1.63 bits per heavy atom. The normalized spacial score (nSPS) is 26.6. The molecule has 0 amide bonds. The second-order valence-electron chi connectivity index (χ2n) is 11.3. The van der Waals surface area contributed by atoms with Crippen LogP contribution in [0.4, 0.5) is 26.3 Å². The van der Waals surface area contributed by atoms with Gasteiger partial charge in [0.1, 0.15) is 0 Å². The quantitative estimate of drug-likeness (QED) is 0.393. The van der Waals surface area contributed by atoms with Crippen molar-refractivity contribution in [2.45, 2.75) is 44.5 Å². The van der Waals surface area contributed by atoms with Crippen molar-refractivity contribution in [1.82, 2.24) is 9.80 Å². The van der Waals surface area contributed by atoms with Crippen LogP contribution in [0.3, 0.4) is 0 Å². The van der Waals surface area contributed by atoms with E-state index in [2.05, 4.69) is 4.90 Å². The highest BCUT2D eigenvalue weighted by atomic mass is 19.4. The molecule has 11 heteroatoms. The number of rotatable bonds is 5. The highest BCUT2D eigenvalue weighted by Gasteiger charge is 2.48. The smallest absolute Gasteiger partial charge is 0.373 e. The second-order valence-corrected chi connectivity index (χ2v) is 11.3. The molecule has 2 fully saturated rings. The Labute approximate surface area is 234 Å². The summed E-state index contributed by atoms with van der Waals surface area (Å²) in [4.78, 5) is 16.4. The summed E-state index contributed by atoms with van der Waals surface area (Å²) >= 11 is 0. The summed E-state index contributed by atoms with van der Waals surface area (Å²) in [5.74, 6) is -0.168. The van der Waals surface area contributed by atoms with Crippen LogP contribution < -0.4 is 0 Å². The van der Waals surface area contributed by atoms with Gasteiger partial charge in [0, 0.05) is 43.2 Å². The molecule has 5 atom stereocenters. The molecule has 2 aromatic carbocycles. The molecule has 3 aliphatic rings. The lowest BCUT2D eigenvalue weighted by molar-refractivity contribution is -0.217. The molecule has 0 unspecified atom stereocenters. The highest BCUT2D eigenvalue weighted by Crippen LogP contribution is 2.47. The van der Waals surface area contributed by atoms with Crippen LogP contribution in [0.1, 0.15) is 46.8 Å². The molecule has 222 valence electrons. The third-order valence-corrected chi connectivity index (χ3v) is 8.28. The van der Waals surface area contributed by atoms with Crippen LogP contribution in [0.15, 0.2) is 54.2 Å². The zero-order valence-electron chi connectivity index (χ0n) is 22.9. The number of ether oxygens (including phenoxy) is 2. The Morgan fingerprint density at radius 3 is 2.24 bits per heavy atom. The van der Waals surface area contributed by atoms with E-state index in [0.717, 1.165) is 16.8 Å². The number of likely N-dealkylation sites (N-methyl/N-ethyl adjacent to an activating group) is 1. The topological polar surface area (TPSA) is 42.0 Å². The average molecular weight is 583 g/mol. The van der Waals surface area contributed by atoms with Crippen LogP contribution >= 0.6 is 0 Å². The number of benzene rings is 2. The minimum atomic E-state index is -4.95. The second kappa shape index (κ2) is 11.1. The largest absolute Gasteiger partial charge is 0.416 e. The molecule has 0 saturated carbocycles. The van der Waals surface area contributed by atoms with E-state index in [4.69, 9.17) is 9.47 Å². The van der Waals surface area contributed by atoms with Gasteiger partial charge in [-0.2, -0.15) is 26.3 Å². The number of likely N-dealkylation sites (tertiary alicyclic amines) is 1. The zero-order valence-corrected chi connectivity index (χ0v) is 22.9. The molecule has 0 radical (unpaired) electrons. The van der Waals surface area contributed by atoms with Gasteiger partial charge in [-0.3, -0.25) is 9.69 Å². The fraction of sp³-hybridized carbons (Fsp3) is 0.500. The molecule has 3 heterocycles. The van der Waals surface area contributed by atoms with Gasteiger partial charge in [0.2, 0.25) is 0 Å². The predicted octanol–water partition coefficient (Wildman–Crippen LogP) is 6.20. The summed E-state index contributed by atoms with van der Waals surface area (Å²) in [7, 11) is 1.89. The molecule has 5 rings (SSSR count). The lowest BCUT2D eigenvalue weighted by Gasteiger charge is -2.41. The van der Waals surface area contributed by atoms with Crippen molar-refractivity contribution in [3.8, 4) is 0 Å². The molecular formula is C30H32F6N2O3. The van der Waals surface area contributed by atoms with Gasteiger partial charge in [0.05, 0.1) is 30.4 Å². The van der Waals surface area contributed by atoms with Crippen molar-refractivity contribution in [2.75, 3.05) is 39.8 Å². The van der Waals surface area contributed by atoms with Crippen molar-refractivity contribution in [3.05, 3.63) is 82.1 Å². The summed E-state index contributed by atoms with van der Waals surface area (Å²) in [6, 6.07) is 9.21. The summed E-state index contributed by atoms with van der Waals surface area (Å²) in [5, 5.41) is 0. The molecule has 5 nitrogen and oxygen atoms in total. The van der Waals surface area contributed by atoms with Gasteiger partial charge in [-0.25, -0.2) is 0 Å². The summed E-state index contributed by atoms with van der Waals surface area (Å²) in [6.07, 6.45) is -10.2. The first-order valence-corrected chi connectivity index (χ1v) is 13.5. The van der Waals surface area contributed by atoms with Gasteiger partial charge in [-0.05, 0) is 61.7 Å². The molecule has 2 saturated heterocycles. The molecule has 0 aliphatic carbocycles. The number of ketones is 1.